The Morgan fingerprint density at radius 3 is 2.00 bits per heavy atom. The van der Waals surface area contributed by atoms with E-state index < -0.39 is 0 Å². The Morgan fingerprint density at radius 1 is 1.13 bits per heavy atom. The number of esters is 1. The highest BCUT2D eigenvalue weighted by molar-refractivity contribution is 5.75. The molecule has 0 aliphatic rings. The van der Waals surface area contributed by atoms with Crippen molar-refractivity contribution in [1.29, 1.82) is 0 Å². The molecule has 0 amide bonds. The zero-order valence-corrected chi connectivity index (χ0v) is 10.5. The molecule has 0 rings (SSSR count). The fraction of sp³-hybridized carbons (Fsp3) is 0.909. The van der Waals surface area contributed by atoms with E-state index in [0.29, 0.717) is 0 Å². The van der Waals surface area contributed by atoms with Crippen molar-refractivity contribution in [2.45, 2.75) is 45.9 Å². The van der Waals surface area contributed by atoms with Gasteiger partial charge in [-0.3, -0.25) is 10.1 Å². The molecule has 0 aromatic heterocycles. The van der Waals surface area contributed by atoms with E-state index in [1.54, 1.807) is 7.11 Å². The van der Waals surface area contributed by atoms with Gasteiger partial charge in [-0.15, -0.1) is 0 Å². The second-order valence-corrected chi connectivity index (χ2v) is 4.14. The maximum atomic E-state index is 11.5. The highest BCUT2D eigenvalue weighted by Gasteiger charge is 2.26. The van der Waals surface area contributed by atoms with E-state index in [2.05, 4.69) is 5.32 Å². The Labute approximate surface area is 92.3 Å². The van der Waals surface area contributed by atoms with Gasteiger partial charge in [-0.25, -0.2) is 0 Å². The minimum atomic E-state index is -0.275. The Morgan fingerprint density at radius 2 is 1.67 bits per heavy atom. The van der Waals surface area contributed by atoms with Gasteiger partial charge in [0.05, 0.1) is 13.2 Å². The maximum absolute atomic E-state index is 11.5. The van der Waals surface area contributed by atoms with E-state index in [4.69, 9.17) is 9.47 Å². The Hall–Kier alpha value is -0.610. The summed E-state index contributed by atoms with van der Waals surface area (Å²) in [6.45, 7) is 7.93. The minimum absolute atomic E-state index is 0.0657. The molecule has 1 N–H and O–H groups in total. The van der Waals surface area contributed by atoms with Crippen LogP contribution in [0.1, 0.15) is 27.7 Å². The Balaban J connectivity index is 4.35. The molecule has 15 heavy (non-hydrogen) atoms. The van der Waals surface area contributed by atoms with E-state index in [9.17, 15) is 4.79 Å². The highest BCUT2D eigenvalue weighted by Crippen LogP contribution is 2.07. The lowest BCUT2D eigenvalue weighted by Gasteiger charge is -2.27. The lowest BCUT2D eigenvalue weighted by molar-refractivity contribution is -0.144. The normalized spacial score (nSPS) is 17.3. The average Bonchev–Trinajstić information content (AvgIpc) is 2.22. The van der Waals surface area contributed by atoms with Crippen LogP contribution in [0.4, 0.5) is 0 Å². The summed E-state index contributed by atoms with van der Waals surface area (Å²) >= 11 is 0. The van der Waals surface area contributed by atoms with Gasteiger partial charge in [0.1, 0.15) is 6.04 Å². The molecule has 0 bridgehead atoms. The topological polar surface area (TPSA) is 47.6 Å². The monoisotopic (exact) mass is 217 g/mol. The fourth-order valence-corrected chi connectivity index (χ4v) is 1.28. The van der Waals surface area contributed by atoms with Crippen molar-refractivity contribution in [3.63, 3.8) is 0 Å². The van der Waals surface area contributed by atoms with Gasteiger partial charge in [-0.05, 0) is 19.8 Å². The van der Waals surface area contributed by atoms with Crippen LogP contribution in [-0.4, -0.2) is 38.4 Å². The van der Waals surface area contributed by atoms with E-state index in [0.717, 1.165) is 0 Å². The van der Waals surface area contributed by atoms with Crippen LogP contribution in [0.3, 0.4) is 0 Å². The zero-order valence-electron chi connectivity index (χ0n) is 10.5. The zero-order chi connectivity index (χ0) is 12.0. The van der Waals surface area contributed by atoms with Gasteiger partial charge in [0.25, 0.3) is 0 Å². The SMILES string of the molecule is COC(=O)C(NC(C)C(C)OC)C(C)C. The summed E-state index contributed by atoms with van der Waals surface area (Å²) in [5.41, 5.74) is 0. The van der Waals surface area contributed by atoms with Crippen molar-refractivity contribution in [2.75, 3.05) is 14.2 Å². The van der Waals surface area contributed by atoms with Crippen LogP contribution in [0.25, 0.3) is 0 Å². The number of hydrogen-bond donors (Lipinski definition) is 1. The van der Waals surface area contributed by atoms with Crippen molar-refractivity contribution in [1.82, 2.24) is 5.32 Å². The predicted octanol–water partition coefficient (Wildman–Crippen LogP) is 1.20. The standard InChI is InChI=1S/C11H23NO3/c1-7(2)10(11(13)15-6)12-8(3)9(4)14-5/h7-10,12H,1-6H3. The third-order valence-corrected chi connectivity index (χ3v) is 2.64. The number of carbonyl (C=O) groups excluding carboxylic acids is 1. The molecule has 0 fully saturated rings. The van der Waals surface area contributed by atoms with Crippen LogP contribution in [0.5, 0.6) is 0 Å². The van der Waals surface area contributed by atoms with E-state index in [1.165, 1.54) is 7.11 Å². The van der Waals surface area contributed by atoms with Gasteiger partial charge in [0.2, 0.25) is 0 Å². The molecule has 0 saturated carbocycles. The lowest BCUT2D eigenvalue weighted by atomic mass is 10.0. The summed E-state index contributed by atoms with van der Waals surface area (Å²) in [6, 6.07) is -0.163. The number of rotatable bonds is 6. The van der Waals surface area contributed by atoms with Crippen LogP contribution in [0.2, 0.25) is 0 Å². The van der Waals surface area contributed by atoms with Gasteiger partial charge in [0, 0.05) is 13.2 Å². The van der Waals surface area contributed by atoms with Crippen molar-refractivity contribution in [2.24, 2.45) is 5.92 Å². The number of hydrogen-bond acceptors (Lipinski definition) is 4. The highest BCUT2D eigenvalue weighted by atomic mass is 16.5. The van der Waals surface area contributed by atoms with Gasteiger partial charge in [-0.2, -0.15) is 0 Å². The number of ether oxygens (including phenoxy) is 2. The molecule has 0 heterocycles. The van der Waals surface area contributed by atoms with Gasteiger partial charge >= 0.3 is 5.97 Å². The first-order valence-corrected chi connectivity index (χ1v) is 5.30. The number of nitrogens with one attached hydrogen (secondary N) is 1. The molecule has 3 unspecified atom stereocenters. The molecule has 4 nitrogen and oxygen atoms in total. The molecular weight excluding hydrogens is 194 g/mol. The molecule has 3 atom stereocenters. The molecule has 0 aromatic carbocycles. The molecule has 90 valence electrons. The molecule has 0 saturated heterocycles. The Kier molecular flexibility index (Phi) is 6.52. The van der Waals surface area contributed by atoms with Gasteiger partial charge < -0.3 is 9.47 Å². The summed E-state index contributed by atoms with van der Waals surface area (Å²) in [6.07, 6.45) is 0.0657. The molecule has 0 aliphatic heterocycles. The lowest BCUT2D eigenvalue weighted by Crippen LogP contribution is -2.49. The smallest absolute Gasteiger partial charge is 0.323 e. The second kappa shape index (κ2) is 6.80. The van der Waals surface area contributed by atoms with Crippen LogP contribution in [0.15, 0.2) is 0 Å². The van der Waals surface area contributed by atoms with E-state index in [1.807, 2.05) is 27.7 Å². The quantitative estimate of drug-likeness (QED) is 0.679. The number of methoxy groups -OCH3 is 2. The summed E-state index contributed by atoms with van der Waals surface area (Å²) in [7, 11) is 3.06. The third-order valence-electron chi connectivity index (χ3n) is 2.64. The minimum Gasteiger partial charge on any atom is -0.468 e. The molecule has 0 radical (unpaired) electrons. The van der Waals surface area contributed by atoms with Crippen molar-refractivity contribution in [3.8, 4) is 0 Å². The summed E-state index contributed by atoms with van der Waals surface area (Å²) in [4.78, 5) is 11.5. The second-order valence-electron chi connectivity index (χ2n) is 4.14. The molecule has 0 aliphatic carbocycles. The maximum Gasteiger partial charge on any atom is 0.323 e. The van der Waals surface area contributed by atoms with Crippen LogP contribution >= 0.6 is 0 Å². The first kappa shape index (κ1) is 14.4. The van der Waals surface area contributed by atoms with E-state index in [-0.39, 0.29) is 30.1 Å². The van der Waals surface area contributed by atoms with Crippen LogP contribution in [-0.2, 0) is 14.3 Å². The fourth-order valence-electron chi connectivity index (χ4n) is 1.28. The number of carbonyl (C=O) groups is 1. The molecule has 4 heteroatoms. The molecule has 0 aromatic rings. The summed E-state index contributed by atoms with van der Waals surface area (Å²) < 4.78 is 9.94. The van der Waals surface area contributed by atoms with Crippen molar-refractivity contribution >= 4 is 5.97 Å². The Bertz CT molecular complexity index is 194. The largest absolute Gasteiger partial charge is 0.468 e. The van der Waals surface area contributed by atoms with Gasteiger partial charge in [0.15, 0.2) is 0 Å². The van der Waals surface area contributed by atoms with E-state index >= 15 is 0 Å². The van der Waals surface area contributed by atoms with Gasteiger partial charge in [-0.1, -0.05) is 13.8 Å². The molecular formula is C11H23NO3. The summed E-state index contributed by atoms with van der Waals surface area (Å²) in [5, 5.41) is 3.22. The van der Waals surface area contributed by atoms with Crippen LogP contribution < -0.4 is 5.32 Å². The average molecular weight is 217 g/mol. The molecule has 0 spiro atoms. The first-order valence-electron chi connectivity index (χ1n) is 5.30. The predicted molar refractivity (Wildman–Crippen MR) is 59.7 cm³/mol. The van der Waals surface area contributed by atoms with Crippen molar-refractivity contribution in [3.05, 3.63) is 0 Å². The first-order chi connectivity index (χ1) is 6.93. The van der Waals surface area contributed by atoms with Crippen LogP contribution in [0, 0.1) is 5.92 Å². The van der Waals surface area contributed by atoms with Crippen molar-refractivity contribution < 1.29 is 14.3 Å². The summed E-state index contributed by atoms with van der Waals surface area (Å²) in [5.74, 6) is -0.0240. The third kappa shape index (κ3) is 4.62.